The second-order valence-corrected chi connectivity index (χ2v) is 5.36. The molecule has 8 heteroatoms. The van der Waals surface area contributed by atoms with Crippen molar-refractivity contribution in [1.82, 2.24) is 20.3 Å². The summed E-state index contributed by atoms with van der Waals surface area (Å²) in [4.78, 5) is 12.1. The Labute approximate surface area is 131 Å². The molecule has 0 radical (unpaired) electrons. The lowest BCUT2D eigenvalue weighted by atomic mass is 9.83. The summed E-state index contributed by atoms with van der Waals surface area (Å²) in [5.74, 6) is 0.0769. The quantitative estimate of drug-likeness (QED) is 0.812. The molecule has 120 valence electrons. The smallest absolute Gasteiger partial charge is 0.223 e. The molecular weight excluding hydrogens is 294 g/mol. The molecule has 1 amide bonds. The van der Waals surface area contributed by atoms with Gasteiger partial charge in [-0.1, -0.05) is 5.21 Å². The summed E-state index contributed by atoms with van der Waals surface area (Å²) in [6.45, 7) is 3.08. The lowest BCUT2D eigenvalue weighted by Crippen LogP contribution is -2.45. The van der Waals surface area contributed by atoms with Gasteiger partial charge in [0.2, 0.25) is 5.91 Å². The average molecular weight is 318 g/mol. The summed E-state index contributed by atoms with van der Waals surface area (Å²) in [5.41, 5.74) is 6.83. The fourth-order valence-electron chi connectivity index (χ4n) is 2.60. The number of hydrogen-bond donors (Lipinski definition) is 2. The summed E-state index contributed by atoms with van der Waals surface area (Å²) in [7, 11) is 1.65. The zero-order valence-corrected chi connectivity index (χ0v) is 13.3. The van der Waals surface area contributed by atoms with Crippen LogP contribution in [0.3, 0.4) is 0 Å². The highest BCUT2D eigenvalue weighted by molar-refractivity contribution is 5.85. The van der Waals surface area contributed by atoms with Gasteiger partial charge in [0.1, 0.15) is 0 Å². The molecule has 1 aromatic heterocycles. The molecule has 1 saturated carbocycles. The van der Waals surface area contributed by atoms with Gasteiger partial charge in [-0.15, -0.1) is 17.5 Å². The molecule has 21 heavy (non-hydrogen) atoms. The summed E-state index contributed by atoms with van der Waals surface area (Å²) in [6, 6.07) is 0.0437. The molecule has 7 nitrogen and oxygen atoms in total. The van der Waals surface area contributed by atoms with Crippen LogP contribution >= 0.6 is 12.4 Å². The van der Waals surface area contributed by atoms with E-state index < -0.39 is 0 Å². The van der Waals surface area contributed by atoms with Gasteiger partial charge >= 0.3 is 0 Å². The van der Waals surface area contributed by atoms with Gasteiger partial charge in [0, 0.05) is 31.8 Å². The van der Waals surface area contributed by atoms with Gasteiger partial charge in [-0.25, -0.2) is 0 Å². The first-order valence-corrected chi connectivity index (χ1v) is 7.03. The predicted octanol–water partition coefficient (Wildman–Crippen LogP) is 0.267. The Kier molecular flexibility index (Phi) is 7.07. The molecular formula is C13H24ClN5O2. The average Bonchev–Trinajstić information content (AvgIpc) is 2.85. The lowest BCUT2D eigenvalue weighted by Gasteiger charge is -2.32. The molecule has 0 unspecified atom stereocenters. The molecule has 1 fully saturated rings. The van der Waals surface area contributed by atoms with E-state index >= 15 is 0 Å². The van der Waals surface area contributed by atoms with Crippen LogP contribution in [0.1, 0.15) is 25.0 Å². The summed E-state index contributed by atoms with van der Waals surface area (Å²) in [6.07, 6.45) is 4.20. The van der Waals surface area contributed by atoms with Gasteiger partial charge in [-0.3, -0.25) is 9.48 Å². The van der Waals surface area contributed by atoms with Gasteiger partial charge in [-0.2, -0.15) is 0 Å². The van der Waals surface area contributed by atoms with Crippen molar-refractivity contribution >= 4 is 18.3 Å². The number of aromatic nitrogens is 3. The number of carbonyl (C=O) groups excluding carboxylic acids is 1. The molecule has 1 heterocycles. The molecule has 0 spiro atoms. The van der Waals surface area contributed by atoms with Crippen LogP contribution in [-0.2, 0) is 16.1 Å². The first kappa shape index (κ1) is 17.9. The molecule has 1 aliphatic carbocycles. The minimum Gasteiger partial charge on any atom is -0.380 e. The van der Waals surface area contributed by atoms with E-state index in [0.717, 1.165) is 18.5 Å². The second kappa shape index (κ2) is 8.31. The standard InChI is InChI=1S/C13H23N5O2.ClH/c1-9-8-18(17-16-9)6-5-15-13(19)10-3-4-11(14)12(7-10)20-2;/h8,10-12H,3-7,14H2,1-2H3,(H,15,19);1H/t10-,11-,12-;/m0./s1. The minimum atomic E-state index is -0.0162. The first-order valence-electron chi connectivity index (χ1n) is 7.03. The maximum atomic E-state index is 12.1. The van der Waals surface area contributed by atoms with Crippen molar-refractivity contribution in [3.8, 4) is 0 Å². The van der Waals surface area contributed by atoms with Crippen LogP contribution in [0, 0.1) is 12.8 Å². The van der Waals surface area contributed by atoms with E-state index in [1.165, 1.54) is 0 Å². The predicted molar refractivity (Wildman–Crippen MR) is 81.1 cm³/mol. The van der Waals surface area contributed by atoms with E-state index in [2.05, 4.69) is 15.6 Å². The summed E-state index contributed by atoms with van der Waals surface area (Å²) >= 11 is 0. The number of carbonyl (C=O) groups is 1. The number of rotatable bonds is 5. The van der Waals surface area contributed by atoms with E-state index in [1.54, 1.807) is 11.8 Å². The Morgan fingerprint density at radius 2 is 2.33 bits per heavy atom. The zero-order valence-electron chi connectivity index (χ0n) is 12.5. The van der Waals surface area contributed by atoms with E-state index in [0.29, 0.717) is 19.5 Å². The molecule has 1 aromatic rings. The van der Waals surface area contributed by atoms with Gasteiger partial charge in [0.15, 0.2) is 0 Å². The van der Waals surface area contributed by atoms with Crippen molar-refractivity contribution in [2.45, 2.75) is 44.9 Å². The third-order valence-corrected chi connectivity index (χ3v) is 3.81. The number of amides is 1. The maximum Gasteiger partial charge on any atom is 0.223 e. The Morgan fingerprint density at radius 1 is 1.57 bits per heavy atom. The number of ether oxygens (including phenoxy) is 1. The van der Waals surface area contributed by atoms with Crippen LogP contribution in [0.5, 0.6) is 0 Å². The van der Waals surface area contributed by atoms with Crippen molar-refractivity contribution in [2.75, 3.05) is 13.7 Å². The molecule has 3 N–H and O–H groups in total. The van der Waals surface area contributed by atoms with Gasteiger partial charge in [-0.05, 0) is 26.2 Å². The number of nitrogens with one attached hydrogen (secondary N) is 1. The largest absolute Gasteiger partial charge is 0.380 e. The fourth-order valence-corrected chi connectivity index (χ4v) is 2.60. The van der Waals surface area contributed by atoms with E-state index in [4.69, 9.17) is 10.5 Å². The molecule has 1 aliphatic rings. The number of methoxy groups -OCH3 is 1. The minimum absolute atomic E-state index is 0. The topological polar surface area (TPSA) is 95.1 Å². The van der Waals surface area contributed by atoms with Crippen LogP contribution in [0.25, 0.3) is 0 Å². The zero-order chi connectivity index (χ0) is 14.5. The van der Waals surface area contributed by atoms with Gasteiger partial charge in [0.05, 0.1) is 18.3 Å². The van der Waals surface area contributed by atoms with Crippen molar-refractivity contribution < 1.29 is 9.53 Å². The monoisotopic (exact) mass is 317 g/mol. The molecule has 0 aromatic carbocycles. The van der Waals surface area contributed by atoms with Crippen LogP contribution < -0.4 is 11.1 Å². The summed E-state index contributed by atoms with van der Waals surface area (Å²) < 4.78 is 7.06. The molecule has 0 aliphatic heterocycles. The highest BCUT2D eigenvalue weighted by atomic mass is 35.5. The SMILES string of the molecule is CO[C@H]1C[C@@H](C(=O)NCCn2cc(C)nn2)CC[C@@H]1N.Cl. The molecule has 2 rings (SSSR count). The molecule has 0 bridgehead atoms. The first-order chi connectivity index (χ1) is 9.60. The third kappa shape index (κ3) is 4.94. The van der Waals surface area contributed by atoms with Crippen molar-refractivity contribution in [3.05, 3.63) is 11.9 Å². The Hall–Kier alpha value is -1.18. The normalized spacial score (nSPS) is 25.2. The van der Waals surface area contributed by atoms with Crippen LogP contribution in [0.4, 0.5) is 0 Å². The summed E-state index contributed by atoms with van der Waals surface area (Å²) in [5, 5.41) is 10.8. The molecule has 3 atom stereocenters. The number of aryl methyl sites for hydroxylation is 1. The van der Waals surface area contributed by atoms with E-state index in [9.17, 15) is 4.79 Å². The number of nitrogens with zero attached hydrogens (tertiary/aromatic N) is 3. The number of halogens is 1. The van der Waals surface area contributed by atoms with Crippen LogP contribution in [0.2, 0.25) is 0 Å². The Bertz CT molecular complexity index is 454. The fraction of sp³-hybridized carbons (Fsp3) is 0.769. The van der Waals surface area contributed by atoms with Crippen molar-refractivity contribution in [1.29, 1.82) is 0 Å². The Balaban J connectivity index is 0.00000220. The molecule has 0 saturated heterocycles. The van der Waals surface area contributed by atoms with Crippen LogP contribution in [0.15, 0.2) is 6.20 Å². The highest BCUT2D eigenvalue weighted by Crippen LogP contribution is 2.25. The third-order valence-electron chi connectivity index (χ3n) is 3.81. The highest BCUT2D eigenvalue weighted by Gasteiger charge is 2.31. The van der Waals surface area contributed by atoms with Crippen molar-refractivity contribution in [2.24, 2.45) is 11.7 Å². The number of hydrogen-bond acceptors (Lipinski definition) is 5. The Morgan fingerprint density at radius 3 is 2.95 bits per heavy atom. The van der Waals surface area contributed by atoms with Crippen LogP contribution in [-0.4, -0.2) is 46.7 Å². The van der Waals surface area contributed by atoms with Crippen molar-refractivity contribution in [3.63, 3.8) is 0 Å². The lowest BCUT2D eigenvalue weighted by molar-refractivity contribution is -0.127. The van der Waals surface area contributed by atoms with Gasteiger partial charge in [0.25, 0.3) is 0 Å². The second-order valence-electron chi connectivity index (χ2n) is 5.36. The van der Waals surface area contributed by atoms with E-state index in [1.807, 2.05) is 13.1 Å². The van der Waals surface area contributed by atoms with Gasteiger partial charge < -0.3 is 15.8 Å². The van der Waals surface area contributed by atoms with E-state index in [-0.39, 0.29) is 36.4 Å². The maximum absolute atomic E-state index is 12.1. The number of nitrogens with two attached hydrogens (primary N) is 1.